The van der Waals surface area contributed by atoms with Gasteiger partial charge in [-0.25, -0.2) is 0 Å². The van der Waals surface area contributed by atoms with Crippen LogP contribution in [-0.2, 0) is 9.53 Å². The molecule has 1 aromatic carbocycles. The molecule has 112 valence electrons. The lowest BCUT2D eigenvalue weighted by Gasteiger charge is -2.14. The van der Waals surface area contributed by atoms with E-state index in [2.05, 4.69) is 5.32 Å². The molecule has 0 saturated carbocycles. The molecule has 1 unspecified atom stereocenters. The minimum atomic E-state index is -0.733. The molecule has 1 rings (SSSR count). The smallest absolute Gasteiger partial charge is 0.305 e. The van der Waals surface area contributed by atoms with E-state index < -0.39 is 6.10 Å². The predicted molar refractivity (Wildman–Crippen MR) is 80.2 cm³/mol. The fourth-order valence-corrected chi connectivity index (χ4v) is 2.13. The van der Waals surface area contributed by atoms with E-state index in [4.69, 9.17) is 27.9 Å². The van der Waals surface area contributed by atoms with Crippen molar-refractivity contribution in [2.45, 2.75) is 25.9 Å². The normalized spacial score (nSPS) is 12.2. The molecule has 4 nitrogen and oxygen atoms in total. The predicted octanol–water partition coefficient (Wildman–Crippen LogP) is 2.96. The van der Waals surface area contributed by atoms with Crippen molar-refractivity contribution in [2.75, 3.05) is 19.7 Å². The van der Waals surface area contributed by atoms with Crippen LogP contribution in [0, 0.1) is 0 Å². The van der Waals surface area contributed by atoms with Crippen LogP contribution >= 0.6 is 23.2 Å². The van der Waals surface area contributed by atoms with Crippen molar-refractivity contribution in [1.29, 1.82) is 0 Å². The molecule has 1 aromatic rings. The summed E-state index contributed by atoms with van der Waals surface area (Å²) in [5.74, 6) is -0.201. The summed E-state index contributed by atoms with van der Waals surface area (Å²) in [6.07, 6.45) is 0.299. The van der Waals surface area contributed by atoms with Crippen LogP contribution in [0.4, 0.5) is 0 Å². The van der Waals surface area contributed by atoms with Crippen molar-refractivity contribution in [3.8, 4) is 0 Å². The summed E-state index contributed by atoms with van der Waals surface area (Å²) >= 11 is 11.9. The van der Waals surface area contributed by atoms with E-state index in [9.17, 15) is 9.90 Å². The Morgan fingerprint density at radius 2 is 2.20 bits per heavy atom. The fourth-order valence-electron chi connectivity index (χ4n) is 1.71. The van der Waals surface area contributed by atoms with Crippen LogP contribution < -0.4 is 5.32 Å². The highest BCUT2D eigenvalue weighted by Crippen LogP contribution is 2.25. The molecule has 2 N–H and O–H groups in total. The Balaban J connectivity index is 2.28. The zero-order valence-electron chi connectivity index (χ0n) is 11.4. The van der Waals surface area contributed by atoms with Gasteiger partial charge in [0.1, 0.15) is 0 Å². The molecule has 0 heterocycles. The third-order valence-electron chi connectivity index (χ3n) is 2.69. The number of hydrogen-bond donors (Lipinski definition) is 2. The SMILES string of the molecule is CCOC(=O)CCCNCC(O)c1cc(Cl)ccc1Cl. The van der Waals surface area contributed by atoms with E-state index in [1.165, 1.54) is 0 Å². The summed E-state index contributed by atoms with van der Waals surface area (Å²) in [5.41, 5.74) is 0.594. The van der Waals surface area contributed by atoms with Gasteiger partial charge in [-0.2, -0.15) is 0 Å². The topological polar surface area (TPSA) is 58.6 Å². The van der Waals surface area contributed by atoms with Crippen LogP contribution in [-0.4, -0.2) is 30.8 Å². The summed E-state index contributed by atoms with van der Waals surface area (Å²) < 4.78 is 4.82. The molecule has 6 heteroatoms. The Morgan fingerprint density at radius 1 is 1.45 bits per heavy atom. The van der Waals surface area contributed by atoms with Crippen molar-refractivity contribution in [1.82, 2.24) is 5.32 Å². The van der Waals surface area contributed by atoms with Crippen LogP contribution in [0.2, 0.25) is 10.0 Å². The second kappa shape index (κ2) is 9.19. The number of hydrogen-bond acceptors (Lipinski definition) is 4. The van der Waals surface area contributed by atoms with Gasteiger partial charge in [-0.05, 0) is 38.1 Å². The van der Waals surface area contributed by atoms with Crippen LogP contribution in [0.1, 0.15) is 31.4 Å². The van der Waals surface area contributed by atoms with Gasteiger partial charge in [0.2, 0.25) is 0 Å². The van der Waals surface area contributed by atoms with Crippen LogP contribution in [0.15, 0.2) is 18.2 Å². The maximum atomic E-state index is 11.1. The number of carbonyl (C=O) groups is 1. The number of halogens is 2. The molecule has 0 fully saturated rings. The number of ether oxygens (including phenoxy) is 1. The van der Waals surface area contributed by atoms with Crippen molar-refractivity contribution in [3.63, 3.8) is 0 Å². The molecule has 1 atom stereocenters. The average Bonchev–Trinajstić information content (AvgIpc) is 2.41. The maximum absolute atomic E-state index is 11.1. The molecule has 0 aliphatic carbocycles. The van der Waals surface area contributed by atoms with Gasteiger partial charge >= 0.3 is 5.97 Å². The minimum absolute atomic E-state index is 0.201. The third kappa shape index (κ3) is 6.09. The van der Waals surface area contributed by atoms with E-state index in [0.717, 1.165) is 0 Å². The first-order valence-corrected chi connectivity index (χ1v) is 7.29. The molecule has 0 bridgehead atoms. The molecule has 0 amide bonds. The summed E-state index contributed by atoms with van der Waals surface area (Å²) in [6.45, 7) is 3.15. The monoisotopic (exact) mass is 319 g/mol. The molecule has 0 spiro atoms. The number of rotatable bonds is 8. The molecule has 0 radical (unpaired) electrons. The Kier molecular flexibility index (Phi) is 7.92. The van der Waals surface area contributed by atoms with Crippen LogP contribution in [0.25, 0.3) is 0 Å². The Morgan fingerprint density at radius 3 is 2.90 bits per heavy atom. The van der Waals surface area contributed by atoms with Gasteiger partial charge in [0.25, 0.3) is 0 Å². The lowest BCUT2D eigenvalue weighted by Crippen LogP contribution is -2.23. The van der Waals surface area contributed by atoms with E-state index in [1.807, 2.05) is 0 Å². The van der Waals surface area contributed by atoms with E-state index in [-0.39, 0.29) is 5.97 Å². The number of carbonyl (C=O) groups excluding carboxylic acids is 1. The zero-order chi connectivity index (χ0) is 15.0. The van der Waals surface area contributed by atoms with E-state index >= 15 is 0 Å². The molecule has 0 aliphatic rings. The van der Waals surface area contributed by atoms with Crippen molar-refractivity contribution < 1.29 is 14.6 Å². The van der Waals surface area contributed by atoms with Gasteiger partial charge in [0.15, 0.2) is 0 Å². The summed E-state index contributed by atoms with van der Waals surface area (Å²) in [7, 11) is 0. The summed E-state index contributed by atoms with van der Waals surface area (Å²) in [5, 5.41) is 14.1. The largest absolute Gasteiger partial charge is 0.466 e. The standard InChI is InChI=1S/C14H19Cl2NO3/c1-2-20-14(19)4-3-7-17-9-13(18)11-8-10(15)5-6-12(11)16/h5-6,8,13,17-18H,2-4,7,9H2,1H3. The highest BCUT2D eigenvalue weighted by atomic mass is 35.5. The second-order valence-corrected chi connectivity index (χ2v) is 5.14. The van der Waals surface area contributed by atoms with Crippen molar-refractivity contribution >= 4 is 29.2 Å². The first kappa shape index (κ1) is 17.2. The van der Waals surface area contributed by atoms with Crippen molar-refractivity contribution in [2.24, 2.45) is 0 Å². The number of aliphatic hydroxyl groups is 1. The average molecular weight is 320 g/mol. The van der Waals surface area contributed by atoms with Gasteiger partial charge in [0.05, 0.1) is 12.7 Å². The first-order valence-electron chi connectivity index (χ1n) is 6.54. The van der Waals surface area contributed by atoms with Crippen molar-refractivity contribution in [3.05, 3.63) is 33.8 Å². The Labute approximate surface area is 129 Å². The molecular weight excluding hydrogens is 301 g/mol. The summed E-state index contributed by atoms with van der Waals surface area (Å²) in [6, 6.07) is 4.98. The second-order valence-electron chi connectivity index (χ2n) is 4.29. The maximum Gasteiger partial charge on any atom is 0.305 e. The Bertz CT molecular complexity index is 440. The molecule has 0 aromatic heterocycles. The Hall–Kier alpha value is -0.810. The van der Waals surface area contributed by atoms with Gasteiger partial charge in [0, 0.05) is 28.6 Å². The van der Waals surface area contributed by atoms with E-state index in [1.54, 1.807) is 25.1 Å². The first-order chi connectivity index (χ1) is 9.54. The molecular formula is C14H19Cl2NO3. The summed E-state index contributed by atoms with van der Waals surface area (Å²) in [4.78, 5) is 11.1. The third-order valence-corrected chi connectivity index (χ3v) is 3.27. The highest BCUT2D eigenvalue weighted by molar-refractivity contribution is 6.33. The molecule has 20 heavy (non-hydrogen) atoms. The van der Waals surface area contributed by atoms with Gasteiger partial charge in [-0.15, -0.1) is 0 Å². The lowest BCUT2D eigenvalue weighted by atomic mass is 10.1. The van der Waals surface area contributed by atoms with Crippen LogP contribution in [0.5, 0.6) is 0 Å². The minimum Gasteiger partial charge on any atom is -0.466 e. The highest BCUT2D eigenvalue weighted by Gasteiger charge is 2.11. The number of aliphatic hydroxyl groups excluding tert-OH is 1. The van der Waals surface area contributed by atoms with E-state index in [0.29, 0.717) is 48.1 Å². The van der Waals surface area contributed by atoms with Gasteiger partial charge in [-0.1, -0.05) is 23.2 Å². The fraction of sp³-hybridized carbons (Fsp3) is 0.500. The zero-order valence-corrected chi connectivity index (χ0v) is 12.9. The number of esters is 1. The number of nitrogens with one attached hydrogen (secondary N) is 1. The van der Waals surface area contributed by atoms with Gasteiger partial charge in [-0.3, -0.25) is 4.79 Å². The van der Waals surface area contributed by atoms with Gasteiger partial charge < -0.3 is 15.2 Å². The molecule has 0 saturated heterocycles. The van der Waals surface area contributed by atoms with Crippen LogP contribution in [0.3, 0.4) is 0 Å². The number of benzene rings is 1. The quantitative estimate of drug-likeness (QED) is 0.571. The lowest BCUT2D eigenvalue weighted by molar-refractivity contribution is -0.143. The molecule has 0 aliphatic heterocycles.